The molecule has 0 radical (unpaired) electrons. The summed E-state index contributed by atoms with van der Waals surface area (Å²) in [6.07, 6.45) is 0.726. The maximum absolute atomic E-state index is 12.0. The average Bonchev–Trinajstić information content (AvgIpc) is 3.31. The van der Waals surface area contributed by atoms with Crippen LogP contribution in [0.4, 0.5) is 0 Å². The molecule has 0 spiro atoms. The molecule has 7 nitrogen and oxygen atoms in total. The summed E-state index contributed by atoms with van der Waals surface area (Å²) < 4.78 is 21.0. The number of ether oxygens (including phenoxy) is 2. The van der Waals surface area contributed by atoms with Crippen molar-refractivity contribution < 1.29 is 23.2 Å². The van der Waals surface area contributed by atoms with Gasteiger partial charge in [-0.05, 0) is 43.3 Å². The Bertz CT molecular complexity index is 875. The van der Waals surface area contributed by atoms with Crippen molar-refractivity contribution in [3.63, 3.8) is 0 Å². The number of nitriles is 1. The lowest BCUT2D eigenvalue weighted by Crippen LogP contribution is -2.26. The van der Waals surface area contributed by atoms with Crippen molar-refractivity contribution in [2.75, 3.05) is 0 Å². The van der Waals surface area contributed by atoms with E-state index in [4.69, 9.17) is 23.7 Å². The lowest BCUT2D eigenvalue weighted by Gasteiger charge is -2.13. The molecule has 0 fully saturated rings. The highest BCUT2D eigenvalue weighted by Crippen LogP contribution is 2.21. The van der Waals surface area contributed by atoms with Crippen LogP contribution in [0.25, 0.3) is 11.5 Å². The first-order chi connectivity index (χ1) is 12.2. The van der Waals surface area contributed by atoms with Crippen LogP contribution in [0, 0.1) is 11.3 Å². The fourth-order valence-electron chi connectivity index (χ4n) is 2.04. The van der Waals surface area contributed by atoms with Crippen LogP contribution in [0.3, 0.4) is 0 Å². The van der Waals surface area contributed by atoms with Crippen molar-refractivity contribution >= 4 is 5.97 Å². The molecule has 7 heteroatoms. The Balaban J connectivity index is 1.52. The molecular formula is C18H14N2O5. The zero-order chi connectivity index (χ0) is 17.6. The van der Waals surface area contributed by atoms with Crippen LogP contribution in [-0.4, -0.2) is 17.2 Å². The van der Waals surface area contributed by atoms with Gasteiger partial charge < -0.3 is 18.4 Å². The van der Waals surface area contributed by atoms with Crippen molar-refractivity contribution in [1.29, 1.82) is 5.26 Å². The third-order valence-electron chi connectivity index (χ3n) is 3.31. The summed E-state index contributed by atoms with van der Waals surface area (Å²) in [7, 11) is 0. The van der Waals surface area contributed by atoms with Crippen LogP contribution < -0.4 is 4.74 Å². The Kier molecular flexibility index (Phi) is 4.81. The molecule has 0 aliphatic carbocycles. The van der Waals surface area contributed by atoms with E-state index in [9.17, 15) is 4.79 Å². The Labute approximate surface area is 143 Å². The van der Waals surface area contributed by atoms with E-state index in [1.807, 2.05) is 6.07 Å². The summed E-state index contributed by atoms with van der Waals surface area (Å²) in [4.78, 5) is 12.0. The molecule has 1 atom stereocenters. The Morgan fingerprint density at radius 1 is 1.28 bits per heavy atom. The number of furan rings is 1. The van der Waals surface area contributed by atoms with Gasteiger partial charge in [0.15, 0.2) is 11.9 Å². The summed E-state index contributed by atoms with van der Waals surface area (Å²) in [6.45, 7) is 1.54. The summed E-state index contributed by atoms with van der Waals surface area (Å²) in [5.74, 6) is 0.942. The zero-order valence-electron chi connectivity index (χ0n) is 13.3. The highest BCUT2D eigenvalue weighted by molar-refractivity contribution is 5.74. The third-order valence-corrected chi connectivity index (χ3v) is 3.31. The van der Waals surface area contributed by atoms with Crippen molar-refractivity contribution in [1.82, 2.24) is 5.16 Å². The van der Waals surface area contributed by atoms with Crippen LogP contribution in [0.5, 0.6) is 5.75 Å². The van der Waals surface area contributed by atoms with E-state index >= 15 is 0 Å². The van der Waals surface area contributed by atoms with Gasteiger partial charge in [0.05, 0.1) is 17.9 Å². The molecule has 0 amide bonds. The van der Waals surface area contributed by atoms with Gasteiger partial charge in [0.1, 0.15) is 18.1 Å². The van der Waals surface area contributed by atoms with Crippen molar-refractivity contribution in [3.05, 3.63) is 60.0 Å². The molecule has 2 aromatic heterocycles. The number of nitrogens with zero attached hydrogens (tertiary/aromatic N) is 2. The van der Waals surface area contributed by atoms with E-state index in [0.29, 0.717) is 28.5 Å². The van der Waals surface area contributed by atoms with Crippen molar-refractivity contribution in [3.8, 4) is 23.3 Å². The smallest absolute Gasteiger partial charge is 0.347 e. The Morgan fingerprint density at radius 3 is 2.76 bits per heavy atom. The number of esters is 1. The standard InChI is InChI=1S/C18H14N2O5/c1-12(24-15-6-4-13(10-19)5-7-15)18(21)23-11-14-9-17(25-20-14)16-3-2-8-22-16/h2-9,12H,11H2,1H3/t12-/m1/s1. The molecule has 0 unspecified atom stereocenters. The quantitative estimate of drug-likeness (QED) is 0.636. The molecule has 25 heavy (non-hydrogen) atoms. The number of aromatic nitrogens is 1. The van der Waals surface area contributed by atoms with Gasteiger partial charge in [-0.1, -0.05) is 5.16 Å². The SMILES string of the molecule is C[C@@H](Oc1ccc(C#N)cc1)C(=O)OCc1cc(-c2ccco2)on1. The fourth-order valence-corrected chi connectivity index (χ4v) is 2.04. The summed E-state index contributed by atoms with van der Waals surface area (Å²) in [5.41, 5.74) is 0.978. The zero-order valence-corrected chi connectivity index (χ0v) is 13.3. The minimum Gasteiger partial charge on any atom is -0.479 e. The molecule has 2 heterocycles. The molecule has 0 aliphatic rings. The Morgan fingerprint density at radius 2 is 2.08 bits per heavy atom. The van der Waals surface area contributed by atoms with Crippen molar-refractivity contribution in [2.24, 2.45) is 0 Å². The van der Waals surface area contributed by atoms with Gasteiger partial charge in [0.2, 0.25) is 5.76 Å². The molecule has 126 valence electrons. The van der Waals surface area contributed by atoms with Crippen molar-refractivity contribution in [2.45, 2.75) is 19.6 Å². The topological polar surface area (TPSA) is 98.5 Å². The monoisotopic (exact) mass is 338 g/mol. The van der Waals surface area contributed by atoms with Crippen LogP contribution in [0.15, 0.2) is 57.7 Å². The molecule has 0 N–H and O–H groups in total. The highest BCUT2D eigenvalue weighted by Gasteiger charge is 2.18. The van der Waals surface area contributed by atoms with E-state index < -0.39 is 12.1 Å². The third kappa shape index (κ3) is 4.06. The fraction of sp³-hybridized carbons (Fsp3) is 0.167. The normalized spacial score (nSPS) is 11.5. The minimum atomic E-state index is -0.801. The maximum atomic E-state index is 12.0. The second-order valence-corrected chi connectivity index (χ2v) is 5.16. The van der Waals surface area contributed by atoms with Gasteiger partial charge in [-0.15, -0.1) is 0 Å². The van der Waals surface area contributed by atoms with Gasteiger partial charge in [-0.25, -0.2) is 4.79 Å². The predicted octanol–water partition coefficient (Wildman–Crippen LogP) is 3.32. The molecule has 0 aliphatic heterocycles. The highest BCUT2D eigenvalue weighted by atomic mass is 16.6. The first-order valence-electron chi connectivity index (χ1n) is 7.48. The maximum Gasteiger partial charge on any atom is 0.347 e. The molecule has 3 rings (SSSR count). The van der Waals surface area contributed by atoms with Crippen LogP contribution in [-0.2, 0) is 16.1 Å². The van der Waals surface area contributed by atoms with Crippen LogP contribution in [0.1, 0.15) is 18.2 Å². The number of hydrogen-bond donors (Lipinski definition) is 0. The van der Waals surface area contributed by atoms with E-state index in [-0.39, 0.29) is 6.61 Å². The minimum absolute atomic E-state index is 0.0376. The average molecular weight is 338 g/mol. The van der Waals surface area contributed by atoms with Crippen LogP contribution >= 0.6 is 0 Å². The molecule has 0 saturated heterocycles. The van der Waals surface area contributed by atoms with Gasteiger partial charge in [-0.3, -0.25) is 0 Å². The lowest BCUT2D eigenvalue weighted by atomic mass is 10.2. The van der Waals surface area contributed by atoms with E-state index in [2.05, 4.69) is 5.16 Å². The van der Waals surface area contributed by atoms with Gasteiger partial charge in [0, 0.05) is 6.07 Å². The number of carbonyl (C=O) groups is 1. The molecule has 3 aromatic rings. The predicted molar refractivity (Wildman–Crippen MR) is 85.2 cm³/mol. The molecule has 0 bridgehead atoms. The van der Waals surface area contributed by atoms with Gasteiger partial charge in [0.25, 0.3) is 0 Å². The van der Waals surface area contributed by atoms with Crippen LogP contribution in [0.2, 0.25) is 0 Å². The first-order valence-corrected chi connectivity index (χ1v) is 7.48. The summed E-state index contributed by atoms with van der Waals surface area (Å²) >= 11 is 0. The number of hydrogen-bond acceptors (Lipinski definition) is 7. The molecular weight excluding hydrogens is 324 g/mol. The van der Waals surface area contributed by atoms with E-state index in [0.717, 1.165) is 0 Å². The molecule has 1 aromatic carbocycles. The Hall–Kier alpha value is -3.53. The number of carbonyl (C=O) groups excluding carboxylic acids is 1. The van der Waals surface area contributed by atoms with Gasteiger partial charge >= 0.3 is 5.97 Å². The summed E-state index contributed by atoms with van der Waals surface area (Å²) in [6, 6.07) is 13.6. The number of rotatable bonds is 6. The van der Waals surface area contributed by atoms with E-state index in [1.165, 1.54) is 6.26 Å². The summed E-state index contributed by atoms with van der Waals surface area (Å²) in [5, 5.41) is 12.6. The second-order valence-electron chi connectivity index (χ2n) is 5.16. The lowest BCUT2D eigenvalue weighted by molar-refractivity contribution is -0.152. The van der Waals surface area contributed by atoms with E-state index in [1.54, 1.807) is 49.4 Å². The van der Waals surface area contributed by atoms with Gasteiger partial charge in [-0.2, -0.15) is 5.26 Å². The number of benzene rings is 1. The first kappa shape index (κ1) is 16.3. The second kappa shape index (κ2) is 7.36. The largest absolute Gasteiger partial charge is 0.479 e. The molecule has 0 saturated carbocycles.